The standard InChI is InChI=1S/C27H44O/c1-20(2)7-11-23(5)24(6)12-8-22(4)19-28-27-17-15-26(16-18-27)25-13-9-21(3)10-14-25/h8,12,15-18,20-25H,7,9-11,13-14,19H2,1-6H3/b12-8-. The number of ether oxygens (including phenoxy) is 1. The van der Waals surface area contributed by atoms with E-state index < -0.39 is 0 Å². The molecule has 0 amide bonds. The van der Waals surface area contributed by atoms with E-state index in [-0.39, 0.29) is 0 Å². The van der Waals surface area contributed by atoms with Gasteiger partial charge in [-0.3, -0.25) is 0 Å². The minimum Gasteiger partial charge on any atom is -0.493 e. The Morgan fingerprint density at radius 3 is 2.14 bits per heavy atom. The van der Waals surface area contributed by atoms with Crippen molar-refractivity contribution in [2.75, 3.05) is 6.61 Å². The Labute approximate surface area is 175 Å². The van der Waals surface area contributed by atoms with Crippen molar-refractivity contribution in [1.82, 2.24) is 0 Å². The highest BCUT2D eigenvalue weighted by Crippen LogP contribution is 2.36. The minimum absolute atomic E-state index is 0.444. The molecule has 0 aliphatic heterocycles. The molecule has 0 saturated heterocycles. The number of benzene rings is 1. The van der Waals surface area contributed by atoms with Crippen LogP contribution >= 0.6 is 0 Å². The second-order valence-corrected chi connectivity index (χ2v) is 10.0. The van der Waals surface area contributed by atoms with Gasteiger partial charge < -0.3 is 4.74 Å². The summed E-state index contributed by atoms with van der Waals surface area (Å²) in [5.74, 6) is 5.31. The van der Waals surface area contributed by atoms with Gasteiger partial charge in [-0.15, -0.1) is 0 Å². The minimum atomic E-state index is 0.444. The fraction of sp³-hybridized carbons (Fsp3) is 0.704. The average molecular weight is 385 g/mol. The Kier molecular flexibility index (Phi) is 9.62. The summed E-state index contributed by atoms with van der Waals surface area (Å²) in [6.07, 6.45) is 12.8. The third kappa shape index (κ3) is 8.02. The van der Waals surface area contributed by atoms with Gasteiger partial charge in [0.05, 0.1) is 6.61 Å². The second kappa shape index (κ2) is 11.7. The lowest BCUT2D eigenvalue weighted by Gasteiger charge is -2.26. The zero-order chi connectivity index (χ0) is 20.5. The van der Waals surface area contributed by atoms with Crippen molar-refractivity contribution in [3.8, 4) is 5.75 Å². The molecule has 0 N–H and O–H groups in total. The SMILES string of the molecule is CC(C)CCC(C)C(C)/C=C\C(C)COc1ccc(C2CCC(C)CC2)cc1. The zero-order valence-electron chi connectivity index (χ0n) is 19.3. The van der Waals surface area contributed by atoms with Gasteiger partial charge in [0.25, 0.3) is 0 Å². The molecule has 3 atom stereocenters. The summed E-state index contributed by atoms with van der Waals surface area (Å²) in [5, 5.41) is 0. The topological polar surface area (TPSA) is 9.23 Å². The number of hydrogen-bond donors (Lipinski definition) is 0. The fourth-order valence-corrected chi connectivity index (χ4v) is 4.13. The van der Waals surface area contributed by atoms with Crippen molar-refractivity contribution in [2.24, 2.45) is 29.6 Å². The Morgan fingerprint density at radius 1 is 0.893 bits per heavy atom. The van der Waals surface area contributed by atoms with E-state index in [1.54, 1.807) is 0 Å². The van der Waals surface area contributed by atoms with Crippen LogP contribution in [0.5, 0.6) is 5.75 Å². The summed E-state index contributed by atoms with van der Waals surface area (Å²) in [7, 11) is 0. The first-order valence-electron chi connectivity index (χ1n) is 11.8. The van der Waals surface area contributed by atoms with E-state index in [2.05, 4.69) is 78.0 Å². The van der Waals surface area contributed by atoms with E-state index in [0.29, 0.717) is 11.8 Å². The van der Waals surface area contributed by atoms with Gasteiger partial charge in [-0.1, -0.05) is 85.1 Å². The van der Waals surface area contributed by atoms with Crippen LogP contribution in [0.25, 0.3) is 0 Å². The molecule has 1 aromatic rings. The molecule has 0 aromatic heterocycles. The highest BCUT2D eigenvalue weighted by Gasteiger charge is 2.19. The highest BCUT2D eigenvalue weighted by atomic mass is 16.5. The van der Waals surface area contributed by atoms with Crippen molar-refractivity contribution < 1.29 is 4.74 Å². The molecule has 0 bridgehead atoms. The lowest BCUT2D eigenvalue weighted by molar-refractivity contribution is 0.283. The second-order valence-electron chi connectivity index (χ2n) is 10.0. The summed E-state index contributed by atoms with van der Waals surface area (Å²) in [4.78, 5) is 0. The zero-order valence-corrected chi connectivity index (χ0v) is 19.3. The molecule has 2 rings (SSSR count). The van der Waals surface area contributed by atoms with Gasteiger partial charge in [-0.05, 0) is 66.5 Å². The summed E-state index contributed by atoms with van der Waals surface area (Å²) >= 11 is 0. The maximum absolute atomic E-state index is 6.05. The Hall–Kier alpha value is -1.24. The molecule has 158 valence electrons. The number of hydrogen-bond acceptors (Lipinski definition) is 1. The summed E-state index contributed by atoms with van der Waals surface area (Å²) < 4.78 is 6.05. The van der Waals surface area contributed by atoms with Gasteiger partial charge in [0.2, 0.25) is 0 Å². The van der Waals surface area contributed by atoms with Crippen molar-refractivity contribution in [2.45, 2.75) is 86.0 Å². The van der Waals surface area contributed by atoms with Crippen molar-refractivity contribution in [3.05, 3.63) is 42.0 Å². The van der Waals surface area contributed by atoms with E-state index in [4.69, 9.17) is 4.74 Å². The van der Waals surface area contributed by atoms with Gasteiger partial charge in [0, 0.05) is 5.92 Å². The molecule has 1 aliphatic carbocycles. The molecule has 1 heteroatoms. The lowest BCUT2D eigenvalue weighted by Crippen LogP contribution is -2.11. The molecule has 1 saturated carbocycles. The lowest BCUT2D eigenvalue weighted by atomic mass is 9.79. The molecule has 3 unspecified atom stereocenters. The first-order chi connectivity index (χ1) is 13.3. The monoisotopic (exact) mass is 384 g/mol. The summed E-state index contributed by atoms with van der Waals surface area (Å²) in [6, 6.07) is 8.91. The van der Waals surface area contributed by atoms with E-state index in [1.165, 1.54) is 44.1 Å². The predicted octanol–water partition coefficient (Wildman–Crippen LogP) is 8.26. The van der Waals surface area contributed by atoms with Crippen LogP contribution < -0.4 is 4.74 Å². The van der Waals surface area contributed by atoms with Crippen molar-refractivity contribution in [1.29, 1.82) is 0 Å². The third-order valence-corrected chi connectivity index (χ3v) is 6.72. The summed E-state index contributed by atoms with van der Waals surface area (Å²) in [6.45, 7) is 14.7. The third-order valence-electron chi connectivity index (χ3n) is 6.72. The van der Waals surface area contributed by atoms with Crippen molar-refractivity contribution in [3.63, 3.8) is 0 Å². The molecular formula is C27H44O. The summed E-state index contributed by atoms with van der Waals surface area (Å²) in [5.41, 5.74) is 1.50. The van der Waals surface area contributed by atoms with Gasteiger partial charge >= 0.3 is 0 Å². The molecular weight excluding hydrogens is 340 g/mol. The predicted molar refractivity (Wildman–Crippen MR) is 123 cm³/mol. The fourth-order valence-electron chi connectivity index (χ4n) is 4.13. The average Bonchev–Trinajstić information content (AvgIpc) is 2.69. The van der Waals surface area contributed by atoms with Gasteiger partial charge in [0.1, 0.15) is 5.75 Å². The van der Waals surface area contributed by atoms with E-state index >= 15 is 0 Å². The van der Waals surface area contributed by atoms with Gasteiger partial charge in [0.15, 0.2) is 0 Å². The Balaban J connectivity index is 1.73. The van der Waals surface area contributed by atoms with E-state index in [9.17, 15) is 0 Å². The molecule has 1 aliphatic rings. The van der Waals surface area contributed by atoms with Crippen LogP contribution in [0.4, 0.5) is 0 Å². The van der Waals surface area contributed by atoms with E-state index in [1.807, 2.05) is 0 Å². The molecule has 1 nitrogen and oxygen atoms in total. The molecule has 0 heterocycles. The van der Waals surface area contributed by atoms with Crippen LogP contribution in [-0.2, 0) is 0 Å². The molecule has 0 spiro atoms. The first kappa shape index (κ1) is 23.0. The Morgan fingerprint density at radius 2 is 1.54 bits per heavy atom. The van der Waals surface area contributed by atoms with Crippen LogP contribution in [0.1, 0.15) is 91.5 Å². The van der Waals surface area contributed by atoms with Crippen LogP contribution in [0, 0.1) is 29.6 Å². The normalized spacial score (nSPS) is 23.7. The molecule has 1 fully saturated rings. The smallest absolute Gasteiger partial charge is 0.119 e. The molecule has 1 aromatic carbocycles. The largest absolute Gasteiger partial charge is 0.493 e. The highest BCUT2D eigenvalue weighted by molar-refractivity contribution is 5.29. The van der Waals surface area contributed by atoms with Gasteiger partial charge in [-0.25, -0.2) is 0 Å². The number of allylic oxidation sites excluding steroid dienone is 1. The maximum atomic E-state index is 6.05. The van der Waals surface area contributed by atoms with E-state index in [0.717, 1.165) is 36.0 Å². The van der Waals surface area contributed by atoms with Crippen LogP contribution in [0.3, 0.4) is 0 Å². The van der Waals surface area contributed by atoms with Crippen LogP contribution in [-0.4, -0.2) is 6.61 Å². The maximum Gasteiger partial charge on any atom is 0.119 e. The quantitative estimate of drug-likeness (QED) is 0.369. The molecule has 28 heavy (non-hydrogen) atoms. The van der Waals surface area contributed by atoms with Gasteiger partial charge in [-0.2, -0.15) is 0 Å². The number of rotatable bonds is 10. The van der Waals surface area contributed by atoms with Crippen LogP contribution in [0.2, 0.25) is 0 Å². The Bertz CT molecular complexity index is 562. The van der Waals surface area contributed by atoms with Crippen LogP contribution in [0.15, 0.2) is 36.4 Å². The first-order valence-corrected chi connectivity index (χ1v) is 11.8. The van der Waals surface area contributed by atoms with Crippen molar-refractivity contribution >= 4 is 0 Å². The molecule has 0 radical (unpaired) electrons.